The van der Waals surface area contributed by atoms with Gasteiger partial charge in [-0.15, -0.1) is 0 Å². The van der Waals surface area contributed by atoms with Gasteiger partial charge < -0.3 is 11.1 Å². The summed E-state index contributed by atoms with van der Waals surface area (Å²) in [5.41, 5.74) is 11.1. The number of nitrogens with two attached hydrogens (primary N) is 1. The molecule has 1 aliphatic rings. The average molecular weight is 242 g/mol. The van der Waals surface area contributed by atoms with E-state index in [0.29, 0.717) is 6.04 Å². The molecule has 1 aromatic carbocycles. The molecule has 1 aromatic heterocycles. The van der Waals surface area contributed by atoms with Crippen molar-refractivity contribution in [1.82, 2.24) is 15.5 Å². The second kappa shape index (κ2) is 4.55. The van der Waals surface area contributed by atoms with Crippen molar-refractivity contribution in [2.75, 3.05) is 0 Å². The van der Waals surface area contributed by atoms with Crippen LogP contribution < -0.4 is 11.1 Å². The van der Waals surface area contributed by atoms with Crippen LogP contribution in [-0.4, -0.2) is 10.2 Å². The standard InChI is InChI=1S/C14H18N4/c1-9-10(8-17-18-9)7-16-14-6-13(15)11-4-2-3-5-12(11)14/h2-5,8,13-14,16H,6-7,15H2,1H3,(H,17,18). The van der Waals surface area contributed by atoms with E-state index in [4.69, 9.17) is 5.73 Å². The van der Waals surface area contributed by atoms with E-state index in [0.717, 1.165) is 18.7 Å². The fourth-order valence-electron chi connectivity index (χ4n) is 2.65. The highest BCUT2D eigenvalue weighted by Gasteiger charge is 2.27. The lowest BCUT2D eigenvalue weighted by molar-refractivity contribution is 0.498. The molecule has 1 aliphatic carbocycles. The Hall–Kier alpha value is -1.65. The summed E-state index contributed by atoms with van der Waals surface area (Å²) >= 11 is 0. The van der Waals surface area contributed by atoms with E-state index < -0.39 is 0 Å². The Morgan fingerprint density at radius 1 is 1.39 bits per heavy atom. The number of benzene rings is 1. The van der Waals surface area contributed by atoms with Gasteiger partial charge in [-0.1, -0.05) is 24.3 Å². The molecule has 2 atom stereocenters. The Balaban J connectivity index is 1.74. The topological polar surface area (TPSA) is 66.7 Å². The van der Waals surface area contributed by atoms with Gasteiger partial charge in [-0.3, -0.25) is 5.10 Å². The second-order valence-electron chi connectivity index (χ2n) is 4.92. The largest absolute Gasteiger partial charge is 0.324 e. The van der Waals surface area contributed by atoms with Crippen molar-refractivity contribution < 1.29 is 0 Å². The van der Waals surface area contributed by atoms with Crippen molar-refractivity contribution in [1.29, 1.82) is 0 Å². The van der Waals surface area contributed by atoms with Crippen LogP contribution in [0.4, 0.5) is 0 Å². The van der Waals surface area contributed by atoms with E-state index in [1.54, 1.807) is 0 Å². The maximum atomic E-state index is 6.16. The van der Waals surface area contributed by atoms with E-state index in [-0.39, 0.29) is 6.04 Å². The molecule has 0 saturated heterocycles. The van der Waals surface area contributed by atoms with E-state index in [2.05, 4.69) is 39.8 Å². The number of hydrogen-bond acceptors (Lipinski definition) is 3. The molecule has 0 radical (unpaired) electrons. The van der Waals surface area contributed by atoms with E-state index in [9.17, 15) is 0 Å². The third-order valence-electron chi connectivity index (χ3n) is 3.73. The first-order valence-corrected chi connectivity index (χ1v) is 6.32. The third kappa shape index (κ3) is 1.94. The Kier molecular flexibility index (Phi) is 2.89. The molecule has 2 aromatic rings. The number of fused-ring (bicyclic) bond motifs is 1. The molecule has 94 valence electrons. The summed E-state index contributed by atoms with van der Waals surface area (Å²) in [5, 5.41) is 10.6. The minimum absolute atomic E-state index is 0.157. The summed E-state index contributed by atoms with van der Waals surface area (Å²) in [6, 6.07) is 8.94. The molecule has 0 saturated carbocycles. The van der Waals surface area contributed by atoms with Gasteiger partial charge in [-0.25, -0.2) is 0 Å². The molecule has 4 heteroatoms. The molecular weight excluding hydrogens is 224 g/mol. The molecule has 18 heavy (non-hydrogen) atoms. The molecule has 4 nitrogen and oxygen atoms in total. The van der Waals surface area contributed by atoms with Gasteiger partial charge in [0, 0.05) is 29.9 Å². The number of nitrogens with one attached hydrogen (secondary N) is 2. The first-order chi connectivity index (χ1) is 8.75. The number of rotatable bonds is 3. The molecular formula is C14H18N4. The molecule has 0 fully saturated rings. The third-order valence-corrected chi connectivity index (χ3v) is 3.73. The van der Waals surface area contributed by atoms with Gasteiger partial charge in [-0.05, 0) is 24.5 Å². The zero-order valence-corrected chi connectivity index (χ0v) is 10.5. The fraction of sp³-hybridized carbons (Fsp3) is 0.357. The summed E-state index contributed by atoms with van der Waals surface area (Å²) in [6.07, 6.45) is 2.85. The highest BCUT2D eigenvalue weighted by Crippen LogP contribution is 2.37. The predicted octanol–water partition coefficient (Wildman–Crippen LogP) is 1.95. The molecule has 1 heterocycles. The molecule has 3 rings (SSSR count). The summed E-state index contributed by atoms with van der Waals surface area (Å²) in [4.78, 5) is 0. The van der Waals surface area contributed by atoms with Crippen molar-refractivity contribution >= 4 is 0 Å². The van der Waals surface area contributed by atoms with Gasteiger partial charge in [-0.2, -0.15) is 5.10 Å². The van der Waals surface area contributed by atoms with Crippen LogP contribution in [-0.2, 0) is 6.54 Å². The van der Waals surface area contributed by atoms with E-state index in [1.807, 2.05) is 13.1 Å². The van der Waals surface area contributed by atoms with Crippen molar-refractivity contribution in [3.05, 3.63) is 52.8 Å². The van der Waals surface area contributed by atoms with Gasteiger partial charge in [0.1, 0.15) is 0 Å². The summed E-state index contributed by atoms with van der Waals surface area (Å²) in [5.74, 6) is 0. The average Bonchev–Trinajstić information content (AvgIpc) is 2.92. The van der Waals surface area contributed by atoms with Crippen LogP contribution >= 0.6 is 0 Å². The maximum Gasteiger partial charge on any atom is 0.0535 e. The van der Waals surface area contributed by atoms with E-state index >= 15 is 0 Å². The first-order valence-electron chi connectivity index (χ1n) is 6.32. The van der Waals surface area contributed by atoms with Crippen LogP contribution in [0.3, 0.4) is 0 Å². The lowest BCUT2D eigenvalue weighted by Gasteiger charge is -2.13. The smallest absolute Gasteiger partial charge is 0.0535 e. The minimum Gasteiger partial charge on any atom is -0.324 e. The lowest BCUT2D eigenvalue weighted by atomic mass is 10.1. The van der Waals surface area contributed by atoms with Gasteiger partial charge in [0.15, 0.2) is 0 Å². The van der Waals surface area contributed by atoms with Crippen LogP contribution in [0.2, 0.25) is 0 Å². The Labute approximate surface area is 107 Å². The number of aromatic nitrogens is 2. The van der Waals surface area contributed by atoms with Gasteiger partial charge in [0.05, 0.1) is 6.20 Å². The minimum atomic E-state index is 0.157. The zero-order valence-electron chi connectivity index (χ0n) is 10.5. The lowest BCUT2D eigenvalue weighted by Crippen LogP contribution is -2.19. The van der Waals surface area contributed by atoms with Crippen molar-refractivity contribution in [3.8, 4) is 0 Å². The van der Waals surface area contributed by atoms with Crippen molar-refractivity contribution in [2.45, 2.75) is 32.0 Å². The SMILES string of the molecule is Cc1[nH]ncc1CNC1CC(N)c2ccccc21. The van der Waals surface area contributed by atoms with Crippen LogP contribution in [0.5, 0.6) is 0 Å². The number of aromatic amines is 1. The normalized spacial score (nSPS) is 22.1. The number of H-pyrrole nitrogens is 1. The number of aryl methyl sites for hydroxylation is 1. The number of hydrogen-bond donors (Lipinski definition) is 3. The van der Waals surface area contributed by atoms with Crippen molar-refractivity contribution in [3.63, 3.8) is 0 Å². The first kappa shape index (κ1) is 11.4. The summed E-state index contributed by atoms with van der Waals surface area (Å²) < 4.78 is 0. The molecule has 0 bridgehead atoms. The highest BCUT2D eigenvalue weighted by atomic mass is 15.1. The Morgan fingerprint density at radius 2 is 2.17 bits per heavy atom. The quantitative estimate of drug-likeness (QED) is 0.770. The molecule has 2 unspecified atom stereocenters. The second-order valence-corrected chi connectivity index (χ2v) is 4.92. The molecule has 0 amide bonds. The van der Waals surface area contributed by atoms with Crippen LogP contribution in [0.25, 0.3) is 0 Å². The summed E-state index contributed by atoms with van der Waals surface area (Å²) in [7, 11) is 0. The maximum absolute atomic E-state index is 6.16. The van der Waals surface area contributed by atoms with Crippen molar-refractivity contribution in [2.24, 2.45) is 5.73 Å². The Bertz CT molecular complexity index is 546. The zero-order chi connectivity index (χ0) is 12.5. The van der Waals surface area contributed by atoms with Crippen LogP contribution in [0.1, 0.15) is 40.9 Å². The monoisotopic (exact) mass is 242 g/mol. The highest BCUT2D eigenvalue weighted by molar-refractivity contribution is 5.37. The number of nitrogens with zero attached hydrogens (tertiary/aromatic N) is 1. The van der Waals surface area contributed by atoms with Crippen LogP contribution in [0.15, 0.2) is 30.5 Å². The van der Waals surface area contributed by atoms with Gasteiger partial charge in [0.2, 0.25) is 0 Å². The predicted molar refractivity (Wildman–Crippen MR) is 70.9 cm³/mol. The van der Waals surface area contributed by atoms with E-state index in [1.165, 1.54) is 16.7 Å². The Morgan fingerprint density at radius 3 is 2.89 bits per heavy atom. The van der Waals surface area contributed by atoms with Gasteiger partial charge in [0.25, 0.3) is 0 Å². The molecule has 0 spiro atoms. The summed E-state index contributed by atoms with van der Waals surface area (Å²) in [6.45, 7) is 2.87. The molecule has 4 N–H and O–H groups in total. The fourth-order valence-corrected chi connectivity index (χ4v) is 2.65. The van der Waals surface area contributed by atoms with Crippen LogP contribution in [0, 0.1) is 6.92 Å². The van der Waals surface area contributed by atoms with Gasteiger partial charge >= 0.3 is 0 Å². The molecule has 0 aliphatic heterocycles.